The van der Waals surface area contributed by atoms with Gasteiger partial charge in [-0.3, -0.25) is 0 Å². The van der Waals surface area contributed by atoms with E-state index in [1.54, 1.807) is 0 Å². The fourth-order valence-corrected chi connectivity index (χ4v) is 5.33. The quantitative estimate of drug-likeness (QED) is 0.454. The van der Waals surface area contributed by atoms with Crippen LogP contribution in [-0.4, -0.2) is 6.98 Å². The van der Waals surface area contributed by atoms with Gasteiger partial charge in [0.25, 0.3) is 0 Å². The average Bonchev–Trinajstić information content (AvgIpc) is 2.71. The first-order chi connectivity index (χ1) is 14.2. The van der Waals surface area contributed by atoms with Gasteiger partial charge in [0.15, 0.2) is 0 Å². The highest BCUT2D eigenvalue weighted by Crippen LogP contribution is 2.47. The molecule has 0 saturated carbocycles. The highest BCUT2D eigenvalue weighted by atomic mass is 15.0. The minimum atomic E-state index is -0.0260. The Hall–Kier alpha value is -2.68. The topological polar surface area (TPSA) is 24.1 Å². The van der Waals surface area contributed by atoms with Crippen LogP contribution in [0.1, 0.15) is 62.8 Å². The molecule has 2 aliphatic rings. The number of rotatable bonds is 2. The SMILES string of the molecule is C=C(B1Nc2cccc3cccc(c23)N1)c1cc2c(cc1C)C(C)(C)CCC2(C)C. The first-order valence-corrected chi connectivity index (χ1v) is 11.1. The predicted octanol–water partition coefficient (Wildman–Crippen LogP) is 7.08. The van der Waals surface area contributed by atoms with Crippen LogP contribution in [0.4, 0.5) is 11.4 Å². The third kappa shape index (κ3) is 2.86. The van der Waals surface area contributed by atoms with E-state index in [1.165, 1.54) is 57.2 Å². The smallest absolute Gasteiger partial charge is 0.405 e. The standard InChI is InChI=1S/C27H31BN2/c1-17-15-21-22(27(5,6)14-13-26(21,3)4)16-20(17)18(2)28-29-23-11-7-9-19-10-8-12-24(30-28)25(19)23/h7-12,15-16,29-30H,2,13-14H2,1,3-6H3. The number of aryl methyl sites for hydroxylation is 1. The second-order valence-corrected chi connectivity index (χ2v) is 10.4. The fraction of sp³-hybridized carbons (Fsp3) is 0.333. The lowest BCUT2D eigenvalue weighted by molar-refractivity contribution is 0.331. The molecular weight excluding hydrogens is 363 g/mol. The average molecular weight is 394 g/mol. The highest BCUT2D eigenvalue weighted by molar-refractivity contribution is 6.85. The van der Waals surface area contributed by atoms with Crippen molar-refractivity contribution < 1.29 is 0 Å². The third-order valence-electron chi connectivity index (χ3n) is 7.40. The van der Waals surface area contributed by atoms with Crippen molar-refractivity contribution in [3.05, 3.63) is 77.4 Å². The molecule has 3 aromatic rings. The molecule has 3 aromatic carbocycles. The van der Waals surface area contributed by atoms with E-state index in [2.05, 4.69) is 100 Å². The van der Waals surface area contributed by atoms with E-state index in [0.717, 1.165) is 5.47 Å². The first kappa shape index (κ1) is 19.3. The molecule has 30 heavy (non-hydrogen) atoms. The van der Waals surface area contributed by atoms with Crippen molar-refractivity contribution in [2.45, 2.75) is 58.3 Å². The van der Waals surface area contributed by atoms with Crippen molar-refractivity contribution in [3.8, 4) is 0 Å². The predicted molar refractivity (Wildman–Crippen MR) is 132 cm³/mol. The lowest BCUT2D eigenvalue weighted by atomic mass is 9.59. The van der Waals surface area contributed by atoms with Gasteiger partial charge in [0, 0.05) is 16.8 Å². The fourth-order valence-electron chi connectivity index (χ4n) is 5.33. The van der Waals surface area contributed by atoms with Gasteiger partial charge in [-0.05, 0) is 75.8 Å². The monoisotopic (exact) mass is 394 g/mol. The summed E-state index contributed by atoms with van der Waals surface area (Å²) in [5.74, 6) is 0. The van der Waals surface area contributed by atoms with Crippen LogP contribution in [0.2, 0.25) is 0 Å². The minimum Gasteiger partial charge on any atom is -0.405 e. The Kier molecular flexibility index (Phi) is 4.12. The van der Waals surface area contributed by atoms with Crippen LogP contribution in [0.15, 0.2) is 55.1 Å². The maximum absolute atomic E-state index is 4.55. The zero-order chi connectivity index (χ0) is 21.3. The molecule has 0 aromatic heterocycles. The molecule has 0 atom stereocenters. The summed E-state index contributed by atoms with van der Waals surface area (Å²) in [7, 11) is 0. The van der Waals surface area contributed by atoms with Crippen molar-refractivity contribution in [3.63, 3.8) is 0 Å². The molecule has 1 heterocycles. The van der Waals surface area contributed by atoms with E-state index in [9.17, 15) is 0 Å². The molecule has 0 unspecified atom stereocenters. The van der Waals surface area contributed by atoms with Crippen molar-refractivity contribution in [1.82, 2.24) is 0 Å². The number of nitrogens with one attached hydrogen (secondary N) is 2. The summed E-state index contributed by atoms with van der Waals surface area (Å²) in [6, 6.07) is 17.8. The molecule has 152 valence electrons. The molecule has 5 rings (SSSR count). The van der Waals surface area contributed by atoms with Gasteiger partial charge >= 0.3 is 6.98 Å². The largest absolute Gasteiger partial charge is 0.406 e. The Labute approximate surface area is 180 Å². The van der Waals surface area contributed by atoms with E-state index >= 15 is 0 Å². The van der Waals surface area contributed by atoms with Crippen LogP contribution in [0.5, 0.6) is 0 Å². The summed E-state index contributed by atoms with van der Waals surface area (Å²) >= 11 is 0. The van der Waals surface area contributed by atoms with Crippen LogP contribution < -0.4 is 10.5 Å². The van der Waals surface area contributed by atoms with Crippen LogP contribution in [0, 0.1) is 6.92 Å². The summed E-state index contributed by atoms with van der Waals surface area (Å²) in [5.41, 5.74) is 9.42. The zero-order valence-corrected chi connectivity index (χ0v) is 18.8. The number of hydrogen-bond acceptors (Lipinski definition) is 2. The molecule has 1 aliphatic heterocycles. The van der Waals surface area contributed by atoms with Gasteiger partial charge in [0.1, 0.15) is 0 Å². The van der Waals surface area contributed by atoms with Gasteiger partial charge in [0.2, 0.25) is 0 Å². The van der Waals surface area contributed by atoms with Crippen LogP contribution in [0.25, 0.3) is 16.2 Å². The van der Waals surface area contributed by atoms with Gasteiger partial charge in [0.05, 0.1) is 0 Å². The number of fused-ring (bicyclic) bond motifs is 1. The summed E-state index contributed by atoms with van der Waals surface area (Å²) < 4.78 is 0. The van der Waals surface area contributed by atoms with Crippen LogP contribution >= 0.6 is 0 Å². The lowest BCUT2D eigenvalue weighted by Gasteiger charge is -2.42. The Morgan fingerprint density at radius 1 is 0.867 bits per heavy atom. The first-order valence-electron chi connectivity index (χ1n) is 11.1. The Morgan fingerprint density at radius 3 is 1.97 bits per heavy atom. The number of hydrogen-bond donors (Lipinski definition) is 2. The molecule has 0 spiro atoms. The Bertz CT molecular complexity index is 1150. The van der Waals surface area contributed by atoms with E-state index in [4.69, 9.17) is 0 Å². The molecule has 0 amide bonds. The molecular formula is C27H31BN2. The summed E-state index contributed by atoms with van der Waals surface area (Å²) in [6.07, 6.45) is 2.45. The third-order valence-corrected chi connectivity index (χ3v) is 7.40. The Morgan fingerprint density at radius 2 is 1.40 bits per heavy atom. The van der Waals surface area contributed by atoms with E-state index in [-0.39, 0.29) is 17.8 Å². The molecule has 2 N–H and O–H groups in total. The maximum Gasteiger partial charge on any atom is 0.406 e. The molecule has 0 fully saturated rings. The van der Waals surface area contributed by atoms with Crippen LogP contribution in [0.3, 0.4) is 0 Å². The van der Waals surface area contributed by atoms with E-state index < -0.39 is 0 Å². The molecule has 1 aliphatic carbocycles. The van der Waals surface area contributed by atoms with Gasteiger partial charge in [-0.1, -0.05) is 70.7 Å². The molecule has 0 saturated heterocycles. The van der Waals surface area contributed by atoms with Gasteiger partial charge < -0.3 is 10.5 Å². The maximum atomic E-state index is 4.55. The zero-order valence-electron chi connectivity index (χ0n) is 18.8. The van der Waals surface area contributed by atoms with Crippen molar-refractivity contribution in [2.75, 3.05) is 10.5 Å². The molecule has 2 nitrogen and oxygen atoms in total. The highest BCUT2D eigenvalue weighted by Gasteiger charge is 2.38. The lowest BCUT2D eigenvalue weighted by Crippen LogP contribution is -2.39. The number of benzene rings is 3. The normalized spacial score (nSPS) is 18.4. The number of anilines is 2. The minimum absolute atomic E-state index is 0.0260. The van der Waals surface area contributed by atoms with Gasteiger partial charge in [-0.15, -0.1) is 0 Å². The van der Waals surface area contributed by atoms with Crippen molar-refractivity contribution in [1.29, 1.82) is 0 Å². The van der Waals surface area contributed by atoms with E-state index in [1.807, 2.05) is 0 Å². The summed E-state index contributed by atoms with van der Waals surface area (Å²) in [4.78, 5) is 0. The van der Waals surface area contributed by atoms with Crippen molar-refractivity contribution in [2.24, 2.45) is 0 Å². The van der Waals surface area contributed by atoms with Gasteiger partial charge in [-0.2, -0.15) is 0 Å². The summed E-state index contributed by atoms with van der Waals surface area (Å²) in [5, 5.41) is 9.90. The van der Waals surface area contributed by atoms with E-state index in [0.29, 0.717) is 0 Å². The van der Waals surface area contributed by atoms with Gasteiger partial charge in [-0.25, -0.2) is 0 Å². The van der Waals surface area contributed by atoms with Crippen LogP contribution in [-0.2, 0) is 10.8 Å². The summed E-state index contributed by atoms with van der Waals surface area (Å²) in [6.45, 7) is 16.3. The van der Waals surface area contributed by atoms with Crippen molar-refractivity contribution >= 4 is 34.6 Å². The second kappa shape index (κ2) is 6.41. The molecule has 3 heteroatoms. The molecule has 0 bridgehead atoms. The molecule has 0 radical (unpaired) electrons. The Balaban J connectivity index is 1.57. The second-order valence-electron chi connectivity index (χ2n) is 10.4.